The summed E-state index contributed by atoms with van der Waals surface area (Å²) in [6, 6.07) is 5.74. The third-order valence-corrected chi connectivity index (χ3v) is 2.76. The van der Waals surface area contributed by atoms with Crippen molar-refractivity contribution in [2.45, 2.75) is 0 Å². The van der Waals surface area contributed by atoms with Crippen molar-refractivity contribution in [3.8, 4) is 11.6 Å². The Bertz CT molecular complexity index is 798. The van der Waals surface area contributed by atoms with Crippen LogP contribution in [0.15, 0.2) is 30.5 Å². The Balaban J connectivity index is 1.97. The summed E-state index contributed by atoms with van der Waals surface area (Å²) in [5.74, 6) is 1.12. The minimum absolute atomic E-state index is 0.00518. The predicted molar refractivity (Wildman–Crippen MR) is 74.4 cm³/mol. The number of hydrogen-bond donors (Lipinski definition) is 2. The van der Waals surface area contributed by atoms with E-state index in [1.54, 1.807) is 13.2 Å². The number of nitro groups is 1. The van der Waals surface area contributed by atoms with E-state index in [0.29, 0.717) is 28.6 Å². The van der Waals surface area contributed by atoms with Crippen molar-refractivity contribution in [1.29, 1.82) is 0 Å². The lowest BCUT2D eigenvalue weighted by atomic mass is 10.3. The van der Waals surface area contributed by atoms with Gasteiger partial charge in [-0.25, -0.2) is 0 Å². The number of nitrogens with one attached hydrogen (secondary N) is 2. The Morgan fingerprint density at radius 1 is 1.29 bits per heavy atom. The molecule has 0 aliphatic rings. The van der Waals surface area contributed by atoms with Gasteiger partial charge in [0.1, 0.15) is 11.1 Å². The van der Waals surface area contributed by atoms with Crippen LogP contribution in [0.2, 0.25) is 0 Å². The minimum Gasteiger partial charge on any atom is -0.438 e. The number of non-ortho nitro benzene ring substituents is 1. The van der Waals surface area contributed by atoms with Crippen LogP contribution in [0.3, 0.4) is 0 Å². The highest BCUT2D eigenvalue weighted by molar-refractivity contribution is 5.80. The van der Waals surface area contributed by atoms with E-state index in [1.165, 1.54) is 24.3 Å². The smallest absolute Gasteiger partial charge is 0.269 e. The number of nitrogens with zero attached hydrogens (tertiary/aromatic N) is 4. The molecule has 0 saturated carbocycles. The maximum absolute atomic E-state index is 10.6. The van der Waals surface area contributed by atoms with Crippen molar-refractivity contribution >= 4 is 22.7 Å². The Morgan fingerprint density at radius 2 is 2.05 bits per heavy atom. The second-order valence-electron chi connectivity index (χ2n) is 4.09. The van der Waals surface area contributed by atoms with Crippen LogP contribution in [-0.4, -0.2) is 32.1 Å². The normalized spacial score (nSPS) is 10.5. The second-order valence-corrected chi connectivity index (χ2v) is 4.09. The van der Waals surface area contributed by atoms with Gasteiger partial charge in [0.25, 0.3) is 5.69 Å². The van der Waals surface area contributed by atoms with Crippen LogP contribution in [0.25, 0.3) is 11.0 Å². The molecule has 2 aromatic heterocycles. The average Bonchev–Trinajstić information content (AvgIpc) is 2.96. The summed E-state index contributed by atoms with van der Waals surface area (Å²) >= 11 is 0. The molecule has 0 aliphatic carbocycles. The van der Waals surface area contributed by atoms with Crippen molar-refractivity contribution in [3.05, 3.63) is 40.6 Å². The molecule has 1 aromatic carbocycles. The van der Waals surface area contributed by atoms with Gasteiger partial charge in [-0.1, -0.05) is 0 Å². The fraction of sp³-hybridized carbons (Fsp3) is 0.0833. The molecular weight excluding hydrogens is 276 g/mol. The molecule has 0 atom stereocenters. The molecule has 0 unspecified atom stereocenters. The highest BCUT2D eigenvalue weighted by Gasteiger charge is 2.12. The van der Waals surface area contributed by atoms with Crippen LogP contribution >= 0.6 is 0 Å². The predicted octanol–water partition coefficient (Wildman–Crippen LogP) is 2.10. The molecule has 0 aliphatic heterocycles. The first kappa shape index (κ1) is 12.8. The molecule has 9 nitrogen and oxygen atoms in total. The molecular formula is C12H10N6O3. The molecule has 0 bridgehead atoms. The molecule has 106 valence electrons. The number of H-pyrrole nitrogens is 1. The fourth-order valence-electron chi connectivity index (χ4n) is 1.75. The SMILES string of the molecule is CNc1nc(Oc2ccc([N+](=O)[O-])cc2)c2cn[nH]c2n1. The lowest BCUT2D eigenvalue weighted by molar-refractivity contribution is -0.384. The minimum atomic E-state index is -0.470. The molecule has 0 amide bonds. The molecule has 9 heteroatoms. The monoisotopic (exact) mass is 286 g/mol. The third kappa shape index (κ3) is 2.43. The number of anilines is 1. The van der Waals surface area contributed by atoms with Crippen molar-refractivity contribution in [3.63, 3.8) is 0 Å². The van der Waals surface area contributed by atoms with Crippen molar-refractivity contribution in [2.75, 3.05) is 12.4 Å². The Labute approximate surface area is 118 Å². The van der Waals surface area contributed by atoms with Gasteiger partial charge in [-0.3, -0.25) is 15.2 Å². The largest absolute Gasteiger partial charge is 0.438 e. The summed E-state index contributed by atoms with van der Waals surface area (Å²) in [5, 5.41) is 20.7. The second kappa shape index (κ2) is 5.04. The van der Waals surface area contributed by atoms with Gasteiger partial charge < -0.3 is 10.1 Å². The first-order chi connectivity index (χ1) is 10.2. The molecule has 0 radical (unpaired) electrons. The lowest BCUT2D eigenvalue weighted by Crippen LogP contribution is -1.99. The third-order valence-electron chi connectivity index (χ3n) is 2.76. The maximum atomic E-state index is 10.6. The summed E-state index contributed by atoms with van der Waals surface area (Å²) in [5.41, 5.74) is 0.528. The zero-order valence-corrected chi connectivity index (χ0v) is 10.9. The van der Waals surface area contributed by atoms with Crippen molar-refractivity contribution in [2.24, 2.45) is 0 Å². The van der Waals surface area contributed by atoms with Gasteiger partial charge in [-0.05, 0) is 12.1 Å². The van der Waals surface area contributed by atoms with E-state index in [0.717, 1.165) is 0 Å². The Hall–Kier alpha value is -3.23. The summed E-state index contributed by atoms with van der Waals surface area (Å²) in [7, 11) is 1.69. The molecule has 21 heavy (non-hydrogen) atoms. The van der Waals surface area contributed by atoms with E-state index in [4.69, 9.17) is 4.74 Å². The van der Waals surface area contributed by atoms with E-state index < -0.39 is 4.92 Å². The zero-order valence-electron chi connectivity index (χ0n) is 10.9. The standard InChI is InChI=1S/C12H10N6O3/c1-13-12-15-10-9(6-14-17-10)11(16-12)21-8-4-2-7(3-5-8)18(19)20/h2-6H,1H3,(H2,13,14,15,16,17). The summed E-state index contributed by atoms with van der Waals surface area (Å²) in [4.78, 5) is 18.5. The first-order valence-electron chi connectivity index (χ1n) is 5.98. The molecule has 0 fully saturated rings. The topological polar surface area (TPSA) is 119 Å². The number of aromatic nitrogens is 4. The number of ether oxygens (including phenoxy) is 1. The Morgan fingerprint density at radius 3 is 2.71 bits per heavy atom. The first-order valence-corrected chi connectivity index (χ1v) is 5.98. The number of nitro benzene ring substituents is 1. The molecule has 3 aromatic rings. The van der Waals surface area contributed by atoms with Crippen LogP contribution in [0, 0.1) is 10.1 Å². The van der Waals surface area contributed by atoms with Crippen molar-refractivity contribution in [1.82, 2.24) is 20.2 Å². The number of aromatic amines is 1. The van der Waals surface area contributed by atoms with E-state index >= 15 is 0 Å². The van der Waals surface area contributed by atoms with Gasteiger partial charge >= 0.3 is 0 Å². The number of benzene rings is 1. The van der Waals surface area contributed by atoms with Gasteiger partial charge in [-0.15, -0.1) is 0 Å². The van der Waals surface area contributed by atoms with Gasteiger partial charge in [0.2, 0.25) is 11.8 Å². The van der Waals surface area contributed by atoms with Gasteiger partial charge in [0, 0.05) is 19.2 Å². The summed E-state index contributed by atoms with van der Waals surface area (Å²) < 4.78 is 5.65. The van der Waals surface area contributed by atoms with Crippen LogP contribution in [-0.2, 0) is 0 Å². The molecule has 0 saturated heterocycles. The molecule has 2 N–H and O–H groups in total. The van der Waals surface area contributed by atoms with Crippen LogP contribution < -0.4 is 10.1 Å². The highest BCUT2D eigenvalue weighted by Crippen LogP contribution is 2.28. The average molecular weight is 286 g/mol. The van der Waals surface area contributed by atoms with E-state index in [1.807, 2.05) is 0 Å². The van der Waals surface area contributed by atoms with E-state index in [-0.39, 0.29) is 5.69 Å². The van der Waals surface area contributed by atoms with Gasteiger partial charge in [-0.2, -0.15) is 15.1 Å². The van der Waals surface area contributed by atoms with Gasteiger partial charge in [0.15, 0.2) is 5.65 Å². The highest BCUT2D eigenvalue weighted by atomic mass is 16.6. The molecule has 2 heterocycles. The van der Waals surface area contributed by atoms with E-state index in [2.05, 4.69) is 25.5 Å². The lowest BCUT2D eigenvalue weighted by Gasteiger charge is -2.07. The summed E-state index contributed by atoms with van der Waals surface area (Å²) in [6.07, 6.45) is 1.55. The quantitative estimate of drug-likeness (QED) is 0.556. The van der Waals surface area contributed by atoms with Gasteiger partial charge in [0.05, 0.1) is 11.1 Å². The summed E-state index contributed by atoms with van der Waals surface area (Å²) in [6.45, 7) is 0. The van der Waals surface area contributed by atoms with E-state index in [9.17, 15) is 10.1 Å². The Kier molecular flexibility index (Phi) is 3.07. The van der Waals surface area contributed by atoms with Crippen LogP contribution in [0.1, 0.15) is 0 Å². The molecule has 0 spiro atoms. The maximum Gasteiger partial charge on any atom is 0.269 e. The number of rotatable bonds is 4. The number of fused-ring (bicyclic) bond motifs is 1. The van der Waals surface area contributed by atoms with Crippen LogP contribution in [0.5, 0.6) is 11.6 Å². The zero-order chi connectivity index (χ0) is 14.8. The number of hydrogen-bond acceptors (Lipinski definition) is 7. The fourth-order valence-corrected chi connectivity index (χ4v) is 1.75. The van der Waals surface area contributed by atoms with Crippen molar-refractivity contribution < 1.29 is 9.66 Å². The van der Waals surface area contributed by atoms with Crippen LogP contribution in [0.4, 0.5) is 11.6 Å². The molecule has 3 rings (SSSR count).